The first-order valence-electron chi connectivity index (χ1n) is 8.32. The van der Waals surface area contributed by atoms with Gasteiger partial charge >= 0.3 is 0 Å². The zero-order valence-corrected chi connectivity index (χ0v) is 15.2. The van der Waals surface area contributed by atoms with E-state index in [0.717, 1.165) is 12.0 Å². The van der Waals surface area contributed by atoms with Crippen molar-refractivity contribution in [2.75, 3.05) is 6.54 Å². The van der Waals surface area contributed by atoms with Crippen LogP contribution in [0, 0.1) is 0 Å². The zero-order chi connectivity index (χ0) is 18.7. The van der Waals surface area contributed by atoms with Crippen molar-refractivity contribution in [3.05, 3.63) is 70.4 Å². The molecule has 2 aromatic heterocycles. The largest absolute Gasteiger partial charge is 0.351 e. The Hall–Kier alpha value is -2.86. The van der Waals surface area contributed by atoms with Gasteiger partial charge in [-0.15, -0.1) is 6.58 Å². The van der Waals surface area contributed by atoms with Crippen LogP contribution in [0.5, 0.6) is 0 Å². The molecule has 0 fully saturated rings. The van der Waals surface area contributed by atoms with E-state index in [4.69, 9.17) is 11.6 Å². The highest BCUT2D eigenvalue weighted by Gasteiger charge is 2.16. The summed E-state index contributed by atoms with van der Waals surface area (Å²) in [5, 5.41) is 3.34. The Balaban J connectivity index is 2.18. The number of hydrogen-bond donors (Lipinski definition) is 1. The summed E-state index contributed by atoms with van der Waals surface area (Å²) in [5.74, 6) is -0.297. The number of allylic oxidation sites excluding steroid dienone is 1. The van der Waals surface area contributed by atoms with Gasteiger partial charge in [0, 0.05) is 36.1 Å². The molecule has 1 amide bonds. The predicted molar refractivity (Wildman–Crippen MR) is 103 cm³/mol. The van der Waals surface area contributed by atoms with Crippen LogP contribution in [-0.4, -0.2) is 26.4 Å². The molecule has 0 saturated carbocycles. The van der Waals surface area contributed by atoms with Crippen LogP contribution in [0.4, 0.5) is 0 Å². The summed E-state index contributed by atoms with van der Waals surface area (Å²) < 4.78 is 3.15. The van der Waals surface area contributed by atoms with E-state index in [9.17, 15) is 9.59 Å². The van der Waals surface area contributed by atoms with E-state index in [-0.39, 0.29) is 22.8 Å². The average Bonchev–Trinajstić information content (AvgIpc) is 3.06. The number of fused-ring (bicyclic) bond motifs is 1. The number of amides is 1. The maximum atomic E-state index is 12.9. The number of aromatic nitrogens is 3. The molecule has 6 nitrogen and oxygen atoms in total. The Morgan fingerprint density at radius 3 is 2.88 bits per heavy atom. The molecule has 0 aliphatic rings. The summed E-state index contributed by atoms with van der Waals surface area (Å²) in [4.78, 5) is 29.3. The van der Waals surface area contributed by atoms with Gasteiger partial charge in [-0.3, -0.25) is 18.6 Å². The van der Waals surface area contributed by atoms with Gasteiger partial charge in [0.2, 0.25) is 5.65 Å². The highest BCUT2D eigenvalue weighted by atomic mass is 35.5. The second-order valence-electron chi connectivity index (χ2n) is 5.84. The first kappa shape index (κ1) is 17.9. The minimum atomic E-state index is -0.297. The van der Waals surface area contributed by atoms with E-state index in [1.165, 1.54) is 0 Å². The molecule has 1 aromatic carbocycles. The van der Waals surface area contributed by atoms with Crippen molar-refractivity contribution < 1.29 is 4.79 Å². The number of nitrogens with one attached hydrogen (secondary N) is 1. The third kappa shape index (κ3) is 3.41. The molecule has 3 aromatic rings. The lowest BCUT2D eigenvalue weighted by Crippen LogP contribution is -2.25. The van der Waals surface area contributed by atoms with Crippen molar-refractivity contribution in [3.63, 3.8) is 0 Å². The molecule has 7 heteroatoms. The quantitative estimate of drug-likeness (QED) is 0.678. The molecule has 26 heavy (non-hydrogen) atoms. The first-order chi connectivity index (χ1) is 12.5. The fourth-order valence-electron chi connectivity index (χ4n) is 2.71. The SMILES string of the molecule is C=CCn1c(-c2cccc(Cl)c2)cn2cc(C(=O)NCCC)nc2c1=O. The van der Waals surface area contributed by atoms with Gasteiger partial charge in [0.1, 0.15) is 5.69 Å². The Morgan fingerprint density at radius 2 is 2.19 bits per heavy atom. The minimum Gasteiger partial charge on any atom is -0.351 e. The second kappa shape index (κ2) is 7.58. The van der Waals surface area contributed by atoms with E-state index in [2.05, 4.69) is 16.9 Å². The molecule has 0 radical (unpaired) electrons. The molecule has 0 aliphatic heterocycles. The summed E-state index contributed by atoms with van der Waals surface area (Å²) in [6, 6.07) is 7.25. The van der Waals surface area contributed by atoms with E-state index >= 15 is 0 Å². The number of benzene rings is 1. The number of carbonyl (C=O) groups excluding carboxylic acids is 1. The molecule has 0 aliphatic carbocycles. The number of imidazole rings is 1. The number of halogens is 1. The molecule has 0 spiro atoms. The van der Waals surface area contributed by atoms with Crippen molar-refractivity contribution in [3.8, 4) is 11.3 Å². The predicted octanol–water partition coefficient (Wildman–Crippen LogP) is 3.14. The number of rotatable bonds is 6. The van der Waals surface area contributed by atoms with Gasteiger partial charge in [0.05, 0.1) is 5.69 Å². The van der Waals surface area contributed by atoms with Crippen LogP contribution in [0.25, 0.3) is 16.9 Å². The van der Waals surface area contributed by atoms with Crippen molar-refractivity contribution >= 4 is 23.2 Å². The lowest BCUT2D eigenvalue weighted by atomic mass is 10.1. The third-order valence-corrected chi connectivity index (χ3v) is 4.16. The second-order valence-corrected chi connectivity index (χ2v) is 6.28. The summed E-state index contributed by atoms with van der Waals surface area (Å²) in [7, 11) is 0. The van der Waals surface area contributed by atoms with Crippen molar-refractivity contribution in [1.29, 1.82) is 0 Å². The lowest BCUT2D eigenvalue weighted by Gasteiger charge is -2.12. The highest BCUT2D eigenvalue weighted by molar-refractivity contribution is 6.30. The summed E-state index contributed by atoms with van der Waals surface area (Å²) >= 11 is 6.10. The topological polar surface area (TPSA) is 68.4 Å². The maximum absolute atomic E-state index is 12.9. The number of nitrogens with zero attached hydrogens (tertiary/aromatic N) is 3. The van der Waals surface area contributed by atoms with Crippen LogP contribution in [0.1, 0.15) is 23.8 Å². The monoisotopic (exact) mass is 370 g/mol. The van der Waals surface area contributed by atoms with Crippen LogP contribution >= 0.6 is 11.6 Å². The fourth-order valence-corrected chi connectivity index (χ4v) is 2.90. The normalized spacial score (nSPS) is 10.8. The molecule has 0 saturated heterocycles. The average molecular weight is 371 g/mol. The van der Waals surface area contributed by atoms with Crippen molar-refractivity contribution in [2.45, 2.75) is 19.9 Å². The van der Waals surface area contributed by atoms with Crippen LogP contribution < -0.4 is 10.9 Å². The molecule has 1 N–H and O–H groups in total. The number of carbonyl (C=O) groups is 1. The molecule has 2 heterocycles. The van der Waals surface area contributed by atoms with Gasteiger partial charge in [-0.1, -0.05) is 36.7 Å². The van der Waals surface area contributed by atoms with Gasteiger partial charge in [-0.2, -0.15) is 0 Å². The maximum Gasteiger partial charge on any atom is 0.295 e. The van der Waals surface area contributed by atoms with Crippen LogP contribution in [0.2, 0.25) is 5.02 Å². The fraction of sp³-hybridized carbons (Fsp3) is 0.211. The van der Waals surface area contributed by atoms with E-state index in [1.807, 2.05) is 19.1 Å². The Morgan fingerprint density at radius 1 is 1.38 bits per heavy atom. The molecule has 0 unspecified atom stereocenters. The summed E-state index contributed by atoms with van der Waals surface area (Å²) in [5.41, 5.74) is 1.58. The Labute approximate surface area is 155 Å². The Bertz CT molecular complexity index is 1040. The first-order valence-corrected chi connectivity index (χ1v) is 8.70. The molecule has 134 valence electrons. The summed E-state index contributed by atoms with van der Waals surface area (Å²) in [6.45, 7) is 6.56. The van der Waals surface area contributed by atoms with Gasteiger partial charge in [-0.25, -0.2) is 4.98 Å². The van der Waals surface area contributed by atoms with Gasteiger partial charge in [-0.05, 0) is 18.6 Å². The molecule has 3 rings (SSSR count). The van der Waals surface area contributed by atoms with Gasteiger partial charge < -0.3 is 5.32 Å². The molecule has 0 bridgehead atoms. The van der Waals surface area contributed by atoms with E-state index in [0.29, 0.717) is 23.8 Å². The van der Waals surface area contributed by atoms with Crippen LogP contribution in [0.15, 0.2) is 54.1 Å². The smallest absolute Gasteiger partial charge is 0.295 e. The van der Waals surface area contributed by atoms with Gasteiger partial charge in [0.25, 0.3) is 11.5 Å². The lowest BCUT2D eigenvalue weighted by molar-refractivity contribution is 0.0949. The minimum absolute atomic E-state index is 0.194. The van der Waals surface area contributed by atoms with Crippen molar-refractivity contribution in [1.82, 2.24) is 19.3 Å². The van der Waals surface area contributed by atoms with Crippen LogP contribution in [0.3, 0.4) is 0 Å². The standard InChI is InChI=1S/C19H19ClN4O2/c1-3-8-21-18(25)15-11-23-12-16(13-6-5-7-14(20)10-13)24(9-4-2)19(26)17(23)22-15/h4-7,10-12H,2-3,8-9H2,1H3,(H,21,25). The number of hydrogen-bond acceptors (Lipinski definition) is 3. The molecule has 0 atom stereocenters. The molecular formula is C19H19ClN4O2. The third-order valence-electron chi connectivity index (χ3n) is 3.92. The van der Waals surface area contributed by atoms with Gasteiger partial charge in [0.15, 0.2) is 0 Å². The highest BCUT2D eigenvalue weighted by Crippen LogP contribution is 2.22. The van der Waals surface area contributed by atoms with E-state index in [1.54, 1.807) is 39.6 Å². The van der Waals surface area contributed by atoms with Crippen LogP contribution in [-0.2, 0) is 6.54 Å². The summed E-state index contributed by atoms with van der Waals surface area (Å²) in [6.07, 6.45) is 5.80. The molecular weight excluding hydrogens is 352 g/mol. The zero-order valence-electron chi connectivity index (χ0n) is 14.4. The van der Waals surface area contributed by atoms with E-state index < -0.39 is 0 Å². The Kier molecular flexibility index (Phi) is 5.23. The van der Waals surface area contributed by atoms with Crippen molar-refractivity contribution in [2.24, 2.45) is 0 Å².